The van der Waals surface area contributed by atoms with E-state index in [-0.39, 0.29) is 10.5 Å². The molecule has 0 fully saturated rings. The summed E-state index contributed by atoms with van der Waals surface area (Å²) in [5, 5.41) is 0. The van der Waals surface area contributed by atoms with E-state index >= 15 is 0 Å². The fourth-order valence-electron chi connectivity index (χ4n) is 1.30. The van der Waals surface area contributed by atoms with Gasteiger partial charge in [-0.2, -0.15) is 0 Å². The quantitative estimate of drug-likeness (QED) is 0.861. The van der Waals surface area contributed by atoms with Crippen molar-refractivity contribution < 1.29 is 13.2 Å². The highest BCUT2D eigenvalue weighted by atomic mass is 32.2. The number of sulfone groups is 1. The minimum absolute atomic E-state index is 0.0922. The van der Waals surface area contributed by atoms with E-state index in [1.165, 1.54) is 12.1 Å². The van der Waals surface area contributed by atoms with Crippen LogP contribution in [0.25, 0.3) is 6.08 Å². The second kappa shape index (κ2) is 4.49. The van der Waals surface area contributed by atoms with Crippen LogP contribution in [0.4, 0.5) is 0 Å². The van der Waals surface area contributed by atoms with Gasteiger partial charge in [-0.3, -0.25) is 4.79 Å². The van der Waals surface area contributed by atoms with Crippen LogP contribution >= 0.6 is 0 Å². The lowest BCUT2D eigenvalue weighted by molar-refractivity contribution is 0.1000. The van der Waals surface area contributed by atoms with Gasteiger partial charge in [0.1, 0.15) is 0 Å². The van der Waals surface area contributed by atoms with Gasteiger partial charge in [0, 0.05) is 11.8 Å². The number of primary amides is 1. The van der Waals surface area contributed by atoms with E-state index < -0.39 is 15.7 Å². The molecule has 16 heavy (non-hydrogen) atoms. The van der Waals surface area contributed by atoms with Crippen molar-refractivity contribution >= 4 is 21.8 Å². The summed E-state index contributed by atoms with van der Waals surface area (Å²) >= 11 is 0. The molecule has 5 heteroatoms. The zero-order valence-electron chi connectivity index (χ0n) is 9.10. The molecule has 0 radical (unpaired) electrons. The Morgan fingerprint density at radius 1 is 1.38 bits per heavy atom. The van der Waals surface area contributed by atoms with Gasteiger partial charge in [-0.15, -0.1) is 0 Å². The molecule has 0 heterocycles. The third-order valence-electron chi connectivity index (χ3n) is 2.06. The average Bonchev–Trinajstić information content (AvgIpc) is 2.16. The van der Waals surface area contributed by atoms with Crippen LogP contribution in [0.5, 0.6) is 0 Å². The van der Waals surface area contributed by atoms with Crippen molar-refractivity contribution in [2.45, 2.75) is 11.8 Å². The third-order valence-corrected chi connectivity index (χ3v) is 3.17. The van der Waals surface area contributed by atoms with E-state index in [0.717, 1.165) is 6.26 Å². The number of hydrogen-bond donors (Lipinski definition) is 1. The highest BCUT2D eigenvalue weighted by Crippen LogP contribution is 2.17. The summed E-state index contributed by atoms with van der Waals surface area (Å²) in [6.45, 7) is 1.80. The normalized spacial score (nSPS) is 11.9. The zero-order valence-corrected chi connectivity index (χ0v) is 9.91. The summed E-state index contributed by atoms with van der Waals surface area (Å²) in [4.78, 5) is 11.3. The molecule has 1 aromatic rings. The van der Waals surface area contributed by atoms with Crippen LogP contribution in [0.1, 0.15) is 22.8 Å². The highest BCUT2D eigenvalue weighted by Gasteiger charge is 2.12. The highest BCUT2D eigenvalue weighted by molar-refractivity contribution is 7.90. The van der Waals surface area contributed by atoms with Crippen LogP contribution in [-0.4, -0.2) is 20.6 Å². The van der Waals surface area contributed by atoms with Crippen LogP contribution in [0, 0.1) is 0 Å². The van der Waals surface area contributed by atoms with Crippen LogP contribution in [0.3, 0.4) is 0 Å². The predicted molar refractivity (Wildman–Crippen MR) is 62.8 cm³/mol. The number of carbonyl (C=O) groups excluding carboxylic acids is 1. The van der Waals surface area contributed by atoms with Crippen molar-refractivity contribution in [3.63, 3.8) is 0 Å². The van der Waals surface area contributed by atoms with Crippen molar-refractivity contribution in [2.75, 3.05) is 6.26 Å². The summed E-state index contributed by atoms with van der Waals surface area (Å²) in [6, 6.07) is 4.32. The summed E-state index contributed by atoms with van der Waals surface area (Å²) in [7, 11) is -3.32. The van der Waals surface area contributed by atoms with Crippen molar-refractivity contribution in [3.05, 3.63) is 35.4 Å². The van der Waals surface area contributed by atoms with Crippen LogP contribution < -0.4 is 5.73 Å². The van der Waals surface area contributed by atoms with Gasteiger partial charge in [0.15, 0.2) is 9.84 Å². The molecule has 0 saturated carbocycles. The molecular weight excluding hydrogens is 226 g/mol. The maximum Gasteiger partial charge on any atom is 0.249 e. The molecule has 0 bridgehead atoms. The van der Waals surface area contributed by atoms with E-state index in [0.29, 0.717) is 5.56 Å². The maximum atomic E-state index is 11.3. The molecule has 0 aromatic heterocycles. The lowest BCUT2D eigenvalue weighted by atomic mass is 10.1. The van der Waals surface area contributed by atoms with Crippen LogP contribution in [0.2, 0.25) is 0 Å². The van der Waals surface area contributed by atoms with Crippen LogP contribution in [-0.2, 0) is 9.84 Å². The van der Waals surface area contributed by atoms with Crippen LogP contribution in [0.15, 0.2) is 29.2 Å². The number of benzene rings is 1. The van der Waals surface area contributed by atoms with Gasteiger partial charge in [-0.25, -0.2) is 8.42 Å². The Labute approximate surface area is 94.7 Å². The van der Waals surface area contributed by atoms with Gasteiger partial charge in [-0.05, 0) is 24.6 Å². The largest absolute Gasteiger partial charge is 0.366 e. The molecule has 4 nitrogen and oxygen atoms in total. The summed E-state index contributed by atoms with van der Waals surface area (Å²) < 4.78 is 22.6. The van der Waals surface area contributed by atoms with Crippen molar-refractivity contribution in [2.24, 2.45) is 5.73 Å². The first-order valence-electron chi connectivity index (χ1n) is 4.63. The Hall–Kier alpha value is -1.62. The molecule has 0 aliphatic carbocycles. The second-order valence-corrected chi connectivity index (χ2v) is 5.40. The number of hydrogen-bond acceptors (Lipinski definition) is 3. The van der Waals surface area contributed by atoms with Crippen molar-refractivity contribution in [1.82, 2.24) is 0 Å². The Morgan fingerprint density at radius 2 is 2.00 bits per heavy atom. The average molecular weight is 239 g/mol. The first-order chi connectivity index (χ1) is 7.36. The molecule has 0 aliphatic rings. The molecule has 0 saturated heterocycles. The third kappa shape index (κ3) is 2.70. The maximum absolute atomic E-state index is 11.3. The fraction of sp³-hybridized carbons (Fsp3) is 0.182. The summed E-state index contributed by atoms with van der Waals surface area (Å²) in [5.74, 6) is -0.640. The van der Waals surface area contributed by atoms with Crippen molar-refractivity contribution in [1.29, 1.82) is 0 Å². The lowest BCUT2D eigenvalue weighted by Gasteiger charge is -2.05. The molecule has 1 rings (SSSR count). The monoisotopic (exact) mass is 239 g/mol. The van der Waals surface area contributed by atoms with E-state index in [1.54, 1.807) is 25.1 Å². The molecule has 0 aliphatic heterocycles. The number of carbonyl (C=O) groups is 1. The van der Waals surface area contributed by atoms with Gasteiger partial charge in [-0.1, -0.05) is 18.2 Å². The lowest BCUT2D eigenvalue weighted by Crippen LogP contribution is -2.13. The SMILES string of the molecule is CC=Cc1ccc(S(C)(=O)=O)cc1C(N)=O. The molecular formula is C11H13NO3S. The minimum atomic E-state index is -3.32. The standard InChI is InChI=1S/C11H13NO3S/c1-3-4-8-5-6-9(16(2,14)15)7-10(8)11(12)13/h3-7H,1-2H3,(H2,12,13). The first kappa shape index (κ1) is 12.4. The molecule has 0 atom stereocenters. The molecule has 0 unspecified atom stereocenters. The Bertz CT molecular complexity index is 544. The number of nitrogens with two attached hydrogens (primary N) is 1. The van der Waals surface area contributed by atoms with Gasteiger partial charge >= 0.3 is 0 Å². The molecule has 1 aromatic carbocycles. The van der Waals surface area contributed by atoms with E-state index in [4.69, 9.17) is 5.73 Å². The predicted octanol–water partition coefficient (Wildman–Crippen LogP) is 1.22. The zero-order chi connectivity index (χ0) is 12.3. The topological polar surface area (TPSA) is 77.2 Å². The van der Waals surface area contributed by atoms with E-state index in [9.17, 15) is 13.2 Å². The first-order valence-corrected chi connectivity index (χ1v) is 6.52. The number of amides is 1. The Balaban J connectivity index is 3.46. The molecule has 86 valence electrons. The molecule has 1 amide bonds. The minimum Gasteiger partial charge on any atom is -0.366 e. The Morgan fingerprint density at radius 3 is 2.44 bits per heavy atom. The van der Waals surface area contributed by atoms with Gasteiger partial charge in [0.25, 0.3) is 0 Å². The second-order valence-electron chi connectivity index (χ2n) is 3.39. The molecule has 0 spiro atoms. The van der Waals surface area contributed by atoms with E-state index in [1.807, 2.05) is 0 Å². The molecule has 2 N–H and O–H groups in total. The van der Waals surface area contributed by atoms with Gasteiger partial charge in [0.2, 0.25) is 5.91 Å². The fourth-order valence-corrected chi connectivity index (χ4v) is 1.95. The Kier molecular flexibility index (Phi) is 3.49. The smallest absolute Gasteiger partial charge is 0.249 e. The van der Waals surface area contributed by atoms with Crippen molar-refractivity contribution in [3.8, 4) is 0 Å². The van der Waals surface area contributed by atoms with E-state index in [2.05, 4.69) is 0 Å². The van der Waals surface area contributed by atoms with Gasteiger partial charge in [0.05, 0.1) is 4.90 Å². The summed E-state index contributed by atoms with van der Waals surface area (Å²) in [6.07, 6.45) is 4.54. The summed E-state index contributed by atoms with van der Waals surface area (Å²) in [5.41, 5.74) is 6.01. The van der Waals surface area contributed by atoms with Gasteiger partial charge < -0.3 is 5.73 Å². The number of rotatable bonds is 3. The number of allylic oxidation sites excluding steroid dienone is 1.